The van der Waals surface area contributed by atoms with Crippen molar-refractivity contribution in [2.45, 2.75) is 58.0 Å². The fourth-order valence-electron chi connectivity index (χ4n) is 3.28. The predicted octanol–water partition coefficient (Wildman–Crippen LogP) is 1.52. The van der Waals surface area contributed by atoms with Crippen LogP contribution in [0.1, 0.15) is 46.0 Å². The summed E-state index contributed by atoms with van der Waals surface area (Å²) in [4.78, 5) is 0. The Morgan fingerprint density at radius 1 is 1.18 bits per heavy atom. The van der Waals surface area contributed by atoms with E-state index in [1.165, 1.54) is 32.1 Å². The molecule has 1 unspecified atom stereocenters. The lowest BCUT2D eigenvalue weighted by molar-refractivity contribution is 0.136. The van der Waals surface area contributed by atoms with Gasteiger partial charge in [0, 0.05) is 25.2 Å². The lowest BCUT2D eigenvalue weighted by Gasteiger charge is -2.42. The summed E-state index contributed by atoms with van der Waals surface area (Å²) in [6.07, 6.45) is 6.11. The minimum atomic E-state index is 0.367. The second kappa shape index (κ2) is 5.68. The summed E-state index contributed by atoms with van der Waals surface area (Å²) in [6, 6.07) is 1.33. The van der Waals surface area contributed by atoms with Crippen LogP contribution in [-0.2, 0) is 0 Å². The number of hydrogen-bond acceptors (Lipinski definition) is 3. The minimum absolute atomic E-state index is 0.367. The highest BCUT2D eigenvalue weighted by Gasteiger charge is 2.34. The Hall–Kier alpha value is -0.120. The largest absolute Gasteiger partial charge is 0.396 e. The first kappa shape index (κ1) is 13.3. The van der Waals surface area contributed by atoms with Gasteiger partial charge >= 0.3 is 0 Å². The molecule has 0 aromatic heterocycles. The van der Waals surface area contributed by atoms with Crippen molar-refractivity contribution in [1.82, 2.24) is 10.6 Å². The Labute approximate surface area is 105 Å². The summed E-state index contributed by atoms with van der Waals surface area (Å²) in [5.41, 5.74) is 0.367. The molecular formula is C14H28N2O. The first-order chi connectivity index (χ1) is 8.12. The van der Waals surface area contributed by atoms with Crippen LogP contribution < -0.4 is 10.6 Å². The van der Waals surface area contributed by atoms with E-state index in [0.717, 1.165) is 13.1 Å². The van der Waals surface area contributed by atoms with E-state index in [1.54, 1.807) is 0 Å². The van der Waals surface area contributed by atoms with Crippen LogP contribution in [0.5, 0.6) is 0 Å². The fraction of sp³-hybridized carbons (Fsp3) is 1.00. The molecule has 0 spiro atoms. The van der Waals surface area contributed by atoms with Gasteiger partial charge in [0.15, 0.2) is 0 Å². The van der Waals surface area contributed by atoms with E-state index in [1.807, 2.05) is 0 Å². The monoisotopic (exact) mass is 240 g/mol. The molecule has 2 fully saturated rings. The molecule has 2 rings (SSSR count). The highest BCUT2D eigenvalue weighted by molar-refractivity contribution is 4.92. The van der Waals surface area contributed by atoms with Gasteiger partial charge in [-0.05, 0) is 50.0 Å². The molecule has 2 aliphatic rings. The molecule has 3 N–H and O–H groups in total. The number of aliphatic hydroxyl groups is 1. The molecule has 1 saturated heterocycles. The molecule has 3 nitrogen and oxygen atoms in total. The molecule has 17 heavy (non-hydrogen) atoms. The first-order valence-electron chi connectivity index (χ1n) is 7.19. The van der Waals surface area contributed by atoms with Gasteiger partial charge in [-0.1, -0.05) is 13.8 Å². The highest BCUT2D eigenvalue weighted by Crippen LogP contribution is 2.29. The molecule has 1 atom stereocenters. The lowest BCUT2D eigenvalue weighted by Crippen LogP contribution is -2.55. The van der Waals surface area contributed by atoms with Crippen LogP contribution in [0.15, 0.2) is 0 Å². The van der Waals surface area contributed by atoms with Gasteiger partial charge in [0.25, 0.3) is 0 Å². The third-order valence-corrected chi connectivity index (χ3v) is 4.68. The topological polar surface area (TPSA) is 44.3 Å². The lowest BCUT2D eigenvalue weighted by atomic mass is 9.78. The van der Waals surface area contributed by atoms with E-state index in [4.69, 9.17) is 5.11 Å². The molecular weight excluding hydrogens is 212 g/mol. The number of aliphatic hydroxyl groups excluding tert-OH is 1. The van der Waals surface area contributed by atoms with Gasteiger partial charge < -0.3 is 15.7 Å². The zero-order valence-electron chi connectivity index (χ0n) is 11.3. The normalized spacial score (nSPS) is 37.9. The molecule has 1 heterocycles. The van der Waals surface area contributed by atoms with Crippen molar-refractivity contribution in [3.05, 3.63) is 0 Å². The summed E-state index contributed by atoms with van der Waals surface area (Å²) in [5, 5.41) is 16.5. The Morgan fingerprint density at radius 2 is 1.88 bits per heavy atom. The van der Waals surface area contributed by atoms with Crippen molar-refractivity contribution in [2.24, 2.45) is 11.3 Å². The van der Waals surface area contributed by atoms with Crippen LogP contribution in [0.2, 0.25) is 0 Å². The van der Waals surface area contributed by atoms with Crippen LogP contribution in [0.4, 0.5) is 0 Å². The van der Waals surface area contributed by atoms with Crippen molar-refractivity contribution in [3.63, 3.8) is 0 Å². The fourth-order valence-corrected chi connectivity index (χ4v) is 3.28. The van der Waals surface area contributed by atoms with E-state index < -0.39 is 0 Å². The average molecular weight is 240 g/mol. The summed E-state index contributed by atoms with van der Waals surface area (Å²) < 4.78 is 0. The first-order valence-corrected chi connectivity index (χ1v) is 7.19. The number of piperidine rings is 1. The Balaban J connectivity index is 1.80. The smallest absolute Gasteiger partial charge is 0.0459 e. The van der Waals surface area contributed by atoms with Gasteiger partial charge in [0.1, 0.15) is 0 Å². The quantitative estimate of drug-likeness (QED) is 0.701. The molecule has 100 valence electrons. The standard InChI is InChI=1S/C14H28N2O/c1-14(2)10-15-8-7-13(14)16-12-5-3-11(9-17)4-6-12/h11-13,15-17H,3-10H2,1-2H3. The molecule has 1 aliphatic heterocycles. The second-order valence-corrected chi connectivity index (χ2v) is 6.57. The van der Waals surface area contributed by atoms with Crippen molar-refractivity contribution >= 4 is 0 Å². The van der Waals surface area contributed by atoms with E-state index in [9.17, 15) is 0 Å². The van der Waals surface area contributed by atoms with Crippen molar-refractivity contribution in [1.29, 1.82) is 0 Å². The van der Waals surface area contributed by atoms with Crippen LogP contribution in [0.3, 0.4) is 0 Å². The maximum atomic E-state index is 9.15. The number of nitrogens with one attached hydrogen (secondary N) is 2. The Kier molecular flexibility index (Phi) is 4.45. The predicted molar refractivity (Wildman–Crippen MR) is 71.0 cm³/mol. The molecule has 3 heteroatoms. The highest BCUT2D eigenvalue weighted by atomic mass is 16.3. The molecule has 0 amide bonds. The summed E-state index contributed by atoms with van der Waals surface area (Å²) in [6.45, 7) is 7.36. The van der Waals surface area contributed by atoms with Crippen LogP contribution in [-0.4, -0.2) is 36.9 Å². The zero-order chi connectivity index (χ0) is 12.3. The van der Waals surface area contributed by atoms with E-state index in [-0.39, 0.29) is 0 Å². The van der Waals surface area contributed by atoms with E-state index >= 15 is 0 Å². The second-order valence-electron chi connectivity index (χ2n) is 6.57. The molecule has 1 saturated carbocycles. The SMILES string of the molecule is CC1(C)CNCCC1NC1CCC(CO)CC1. The molecule has 0 radical (unpaired) electrons. The Bertz CT molecular complexity index is 234. The number of hydrogen-bond donors (Lipinski definition) is 3. The van der Waals surface area contributed by atoms with Gasteiger partial charge in [-0.25, -0.2) is 0 Å². The molecule has 0 bridgehead atoms. The van der Waals surface area contributed by atoms with E-state index in [0.29, 0.717) is 30.0 Å². The van der Waals surface area contributed by atoms with Crippen LogP contribution >= 0.6 is 0 Å². The van der Waals surface area contributed by atoms with Gasteiger partial charge in [-0.3, -0.25) is 0 Å². The van der Waals surface area contributed by atoms with Crippen LogP contribution in [0, 0.1) is 11.3 Å². The van der Waals surface area contributed by atoms with Crippen molar-refractivity contribution in [2.75, 3.05) is 19.7 Å². The van der Waals surface area contributed by atoms with Gasteiger partial charge in [0.2, 0.25) is 0 Å². The van der Waals surface area contributed by atoms with Gasteiger partial charge in [-0.2, -0.15) is 0 Å². The van der Waals surface area contributed by atoms with Crippen molar-refractivity contribution < 1.29 is 5.11 Å². The molecule has 0 aromatic rings. The maximum absolute atomic E-state index is 9.15. The van der Waals surface area contributed by atoms with Gasteiger partial charge in [-0.15, -0.1) is 0 Å². The number of rotatable bonds is 3. The van der Waals surface area contributed by atoms with Crippen LogP contribution in [0.25, 0.3) is 0 Å². The van der Waals surface area contributed by atoms with Gasteiger partial charge in [0.05, 0.1) is 0 Å². The summed E-state index contributed by atoms with van der Waals surface area (Å²) >= 11 is 0. The third-order valence-electron chi connectivity index (χ3n) is 4.68. The summed E-state index contributed by atoms with van der Waals surface area (Å²) in [7, 11) is 0. The van der Waals surface area contributed by atoms with E-state index in [2.05, 4.69) is 24.5 Å². The third kappa shape index (κ3) is 3.43. The zero-order valence-corrected chi connectivity index (χ0v) is 11.3. The molecule has 1 aliphatic carbocycles. The minimum Gasteiger partial charge on any atom is -0.396 e. The average Bonchev–Trinajstić information content (AvgIpc) is 2.33. The molecule has 0 aromatic carbocycles. The summed E-state index contributed by atoms with van der Waals surface area (Å²) in [5.74, 6) is 0.564. The Morgan fingerprint density at radius 3 is 2.47 bits per heavy atom. The maximum Gasteiger partial charge on any atom is 0.0459 e. The van der Waals surface area contributed by atoms with Crippen molar-refractivity contribution in [3.8, 4) is 0 Å².